The van der Waals surface area contributed by atoms with Gasteiger partial charge in [-0.1, -0.05) is 48.5 Å². The van der Waals surface area contributed by atoms with E-state index in [1.807, 2.05) is 84.9 Å². The highest BCUT2D eigenvalue weighted by molar-refractivity contribution is 5.97. The lowest BCUT2D eigenvalue weighted by Gasteiger charge is -2.20. The molecule has 4 rings (SSSR count). The van der Waals surface area contributed by atoms with Gasteiger partial charge in [-0.3, -0.25) is 9.59 Å². The number of carbonyl (C=O) groups is 2. The molecule has 0 aromatic heterocycles. The Morgan fingerprint density at radius 3 is 2.17 bits per heavy atom. The fraction of sp³-hybridized carbons (Fsp3) is 0.167. The molecule has 5 nitrogen and oxygen atoms in total. The van der Waals surface area contributed by atoms with Crippen LogP contribution in [0.15, 0.2) is 84.9 Å². The van der Waals surface area contributed by atoms with Gasteiger partial charge >= 0.3 is 0 Å². The molecule has 5 heteroatoms. The van der Waals surface area contributed by atoms with Crippen LogP contribution < -0.4 is 15.0 Å². The van der Waals surface area contributed by atoms with E-state index in [4.69, 9.17) is 4.74 Å². The predicted octanol–water partition coefficient (Wildman–Crippen LogP) is 4.57. The number of hydrogen-bond acceptors (Lipinski definition) is 3. The first-order valence-corrected chi connectivity index (χ1v) is 9.69. The molecular weight excluding hydrogens is 364 g/mol. The van der Waals surface area contributed by atoms with E-state index in [0.29, 0.717) is 17.9 Å². The summed E-state index contributed by atoms with van der Waals surface area (Å²) in [6, 6.07) is 26.0. The SMILES string of the molecule is O=C(Nc1ccc(N2CCCC2=O)cc1)C(Oc1ccccc1)c1ccccc1. The van der Waals surface area contributed by atoms with Crippen LogP contribution >= 0.6 is 0 Å². The summed E-state index contributed by atoms with van der Waals surface area (Å²) in [4.78, 5) is 26.7. The number of rotatable bonds is 6. The largest absolute Gasteiger partial charge is 0.476 e. The molecule has 1 fully saturated rings. The smallest absolute Gasteiger partial charge is 0.270 e. The third-order valence-corrected chi connectivity index (χ3v) is 4.86. The molecule has 1 aliphatic heterocycles. The van der Waals surface area contributed by atoms with Gasteiger partial charge in [0.25, 0.3) is 5.91 Å². The quantitative estimate of drug-likeness (QED) is 0.675. The molecule has 1 heterocycles. The molecule has 2 amide bonds. The number of hydrogen-bond donors (Lipinski definition) is 1. The number of anilines is 2. The Morgan fingerprint density at radius 2 is 1.55 bits per heavy atom. The zero-order chi connectivity index (χ0) is 20.1. The van der Waals surface area contributed by atoms with Crippen LogP contribution in [0.5, 0.6) is 5.75 Å². The summed E-state index contributed by atoms with van der Waals surface area (Å²) in [5.41, 5.74) is 2.28. The van der Waals surface area contributed by atoms with Gasteiger partial charge in [-0.2, -0.15) is 0 Å². The first kappa shape index (κ1) is 18.7. The van der Waals surface area contributed by atoms with Crippen LogP contribution in [0.4, 0.5) is 11.4 Å². The van der Waals surface area contributed by atoms with Crippen LogP contribution in [0.2, 0.25) is 0 Å². The van der Waals surface area contributed by atoms with Crippen molar-refractivity contribution in [3.8, 4) is 5.75 Å². The Labute approximate surface area is 169 Å². The van der Waals surface area contributed by atoms with Gasteiger partial charge in [-0.15, -0.1) is 0 Å². The number of para-hydroxylation sites is 1. The lowest BCUT2D eigenvalue weighted by atomic mass is 10.1. The lowest BCUT2D eigenvalue weighted by molar-refractivity contribution is -0.123. The van der Waals surface area contributed by atoms with E-state index in [0.717, 1.165) is 24.2 Å². The Kier molecular flexibility index (Phi) is 5.56. The zero-order valence-electron chi connectivity index (χ0n) is 16.0. The van der Waals surface area contributed by atoms with Crippen LogP contribution in [-0.4, -0.2) is 18.4 Å². The van der Waals surface area contributed by atoms with Crippen molar-refractivity contribution in [1.82, 2.24) is 0 Å². The maximum absolute atomic E-state index is 13.0. The molecule has 1 aliphatic rings. The van der Waals surface area contributed by atoms with Gasteiger partial charge in [0.1, 0.15) is 5.75 Å². The van der Waals surface area contributed by atoms with E-state index in [9.17, 15) is 9.59 Å². The summed E-state index contributed by atoms with van der Waals surface area (Å²) >= 11 is 0. The van der Waals surface area contributed by atoms with Gasteiger partial charge < -0.3 is 15.0 Å². The molecule has 0 radical (unpaired) electrons. The number of amides is 2. The molecule has 146 valence electrons. The minimum atomic E-state index is -0.779. The van der Waals surface area contributed by atoms with E-state index in [1.54, 1.807) is 4.90 Å². The van der Waals surface area contributed by atoms with Crippen LogP contribution in [0, 0.1) is 0 Å². The van der Waals surface area contributed by atoms with Gasteiger partial charge in [-0.05, 0) is 42.8 Å². The second kappa shape index (κ2) is 8.61. The predicted molar refractivity (Wildman–Crippen MR) is 113 cm³/mol. The molecule has 1 N–H and O–H groups in total. The van der Waals surface area contributed by atoms with Crippen molar-refractivity contribution < 1.29 is 14.3 Å². The number of ether oxygens (including phenoxy) is 1. The van der Waals surface area contributed by atoms with E-state index in [1.165, 1.54) is 0 Å². The highest BCUT2D eigenvalue weighted by Crippen LogP contribution is 2.26. The molecule has 29 heavy (non-hydrogen) atoms. The lowest BCUT2D eigenvalue weighted by Crippen LogP contribution is -2.26. The van der Waals surface area contributed by atoms with Gasteiger partial charge in [0.15, 0.2) is 0 Å². The Hall–Kier alpha value is -3.60. The minimum Gasteiger partial charge on any atom is -0.476 e. The fourth-order valence-electron chi connectivity index (χ4n) is 3.39. The summed E-state index contributed by atoms with van der Waals surface area (Å²) in [6.45, 7) is 0.742. The highest BCUT2D eigenvalue weighted by atomic mass is 16.5. The molecular formula is C24H22N2O3. The maximum Gasteiger partial charge on any atom is 0.270 e. The average molecular weight is 386 g/mol. The summed E-state index contributed by atoms with van der Waals surface area (Å²) in [7, 11) is 0. The molecule has 0 aliphatic carbocycles. The van der Waals surface area contributed by atoms with E-state index in [2.05, 4.69) is 5.32 Å². The summed E-state index contributed by atoms with van der Waals surface area (Å²) < 4.78 is 5.99. The van der Waals surface area contributed by atoms with Crippen LogP contribution in [-0.2, 0) is 9.59 Å². The summed E-state index contributed by atoms with van der Waals surface area (Å²) in [6.07, 6.45) is 0.694. The standard InChI is InChI=1S/C24H22N2O3/c27-22-12-7-17-26(22)20-15-13-19(14-16-20)25-24(28)23(18-8-3-1-4-9-18)29-21-10-5-2-6-11-21/h1-6,8-11,13-16,23H,7,12,17H2,(H,25,28). The molecule has 1 atom stereocenters. The monoisotopic (exact) mass is 386 g/mol. The Morgan fingerprint density at radius 1 is 0.897 bits per heavy atom. The molecule has 3 aromatic rings. The number of benzene rings is 3. The van der Waals surface area contributed by atoms with Crippen molar-refractivity contribution >= 4 is 23.2 Å². The molecule has 1 saturated heterocycles. The van der Waals surface area contributed by atoms with Crippen molar-refractivity contribution in [2.75, 3.05) is 16.8 Å². The molecule has 0 bridgehead atoms. The molecule has 1 unspecified atom stereocenters. The van der Waals surface area contributed by atoms with Gasteiger partial charge in [0, 0.05) is 29.9 Å². The van der Waals surface area contributed by atoms with Crippen molar-refractivity contribution in [2.24, 2.45) is 0 Å². The second-order valence-electron chi connectivity index (χ2n) is 6.91. The number of carbonyl (C=O) groups excluding carboxylic acids is 2. The van der Waals surface area contributed by atoms with Gasteiger partial charge in [-0.25, -0.2) is 0 Å². The average Bonchev–Trinajstić information content (AvgIpc) is 3.20. The molecule has 0 spiro atoms. The Bertz CT molecular complexity index is 972. The summed E-state index contributed by atoms with van der Waals surface area (Å²) in [5, 5.41) is 2.92. The fourth-order valence-corrected chi connectivity index (χ4v) is 3.39. The summed E-state index contributed by atoms with van der Waals surface area (Å²) in [5.74, 6) is 0.506. The second-order valence-corrected chi connectivity index (χ2v) is 6.91. The van der Waals surface area contributed by atoms with Crippen LogP contribution in [0.25, 0.3) is 0 Å². The van der Waals surface area contributed by atoms with E-state index >= 15 is 0 Å². The zero-order valence-corrected chi connectivity index (χ0v) is 16.0. The molecule has 3 aromatic carbocycles. The van der Waals surface area contributed by atoms with E-state index in [-0.39, 0.29) is 11.8 Å². The number of nitrogens with one attached hydrogen (secondary N) is 1. The van der Waals surface area contributed by atoms with Crippen LogP contribution in [0.1, 0.15) is 24.5 Å². The van der Waals surface area contributed by atoms with Crippen molar-refractivity contribution in [3.05, 3.63) is 90.5 Å². The van der Waals surface area contributed by atoms with Crippen LogP contribution in [0.3, 0.4) is 0 Å². The molecule has 0 saturated carbocycles. The highest BCUT2D eigenvalue weighted by Gasteiger charge is 2.24. The number of nitrogens with zero attached hydrogens (tertiary/aromatic N) is 1. The normalized spacial score (nSPS) is 14.5. The van der Waals surface area contributed by atoms with Gasteiger partial charge in [0.05, 0.1) is 0 Å². The van der Waals surface area contributed by atoms with Crippen molar-refractivity contribution in [2.45, 2.75) is 18.9 Å². The topological polar surface area (TPSA) is 58.6 Å². The third kappa shape index (κ3) is 4.46. The minimum absolute atomic E-state index is 0.141. The Balaban J connectivity index is 1.51. The first-order valence-electron chi connectivity index (χ1n) is 9.69. The van der Waals surface area contributed by atoms with Crippen molar-refractivity contribution in [1.29, 1.82) is 0 Å². The first-order chi connectivity index (χ1) is 14.2. The van der Waals surface area contributed by atoms with Gasteiger partial charge in [0.2, 0.25) is 12.0 Å². The van der Waals surface area contributed by atoms with Crippen molar-refractivity contribution in [3.63, 3.8) is 0 Å². The third-order valence-electron chi connectivity index (χ3n) is 4.86. The maximum atomic E-state index is 13.0. The van der Waals surface area contributed by atoms with E-state index < -0.39 is 6.10 Å².